The van der Waals surface area contributed by atoms with Crippen molar-refractivity contribution in [3.8, 4) is 0 Å². The maximum atomic E-state index is 13.9. The molecule has 1 saturated heterocycles. The molecule has 1 N–H and O–H groups in total. The fourth-order valence-corrected chi connectivity index (χ4v) is 3.00. The van der Waals surface area contributed by atoms with E-state index in [4.69, 9.17) is 4.74 Å². The summed E-state index contributed by atoms with van der Waals surface area (Å²) < 4.78 is 19.1. The van der Waals surface area contributed by atoms with E-state index >= 15 is 0 Å². The van der Waals surface area contributed by atoms with E-state index in [2.05, 4.69) is 5.32 Å². The van der Waals surface area contributed by atoms with Crippen molar-refractivity contribution in [1.82, 2.24) is 0 Å². The fourth-order valence-electron chi connectivity index (χ4n) is 3.00. The molecule has 0 aliphatic carbocycles. The van der Waals surface area contributed by atoms with Gasteiger partial charge in [-0.2, -0.15) is 0 Å². The van der Waals surface area contributed by atoms with Crippen molar-refractivity contribution >= 4 is 29.2 Å². The van der Waals surface area contributed by atoms with Crippen LogP contribution in [0.2, 0.25) is 0 Å². The largest absolute Gasteiger partial charge is 0.459 e. The molecule has 2 aromatic carbocycles. The molecule has 1 unspecified atom stereocenters. The molecular weight excluding hydrogens is 363 g/mol. The van der Waals surface area contributed by atoms with Crippen LogP contribution >= 0.6 is 0 Å². The Kier molecular flexibility index (Phi) is 5.73. The van der Waals surface area contributed by atoms with Crippen LogP contribution < -0.4 is 10.2 Å². The molecule has 2 aromatic rings. The van der Waals surface area contributed by atoms with Crippen molar-refractivity contribution in [3.63, 3.8) is 0 Å². The van der Waals surface area contributed by atoms with Crippen LogP contribution in [0.25, 0.3) is 0 Å². The first kappa shape index (κ1) is 19.5. The minimum Gasteiger partial charge on any atom is -0.459 e. The second-order valence-electron chi connectivity index (χ2n) is 6.88. The highest BCUT2D eigenvalue weighted by Gasteiger charge is 2.36. The minimum atomic E-state index is -0.585. The molecule has 6 nitrogen and oxygen atoms in total. The van der Waals surface area contributed by atoms with E-state index in [0.29, 0.717) is 11.3 Å². The molecule has 28 heavy (non-hydrogen) atoms. The molecule has 1 aliphatic rings. The maximum Gasteiger partial charge on any atom is 0.338 e. The Hall–Kier alpha value is -3.22. The summed E-state index contributed by atoms with van der Waals surface area (Å²) in [7, 11) is 0. The minimum absolute atomic E-state index is 0.0129. The Labute approximate surface area is 162 Å². The lowest BCUT2D eigenvalue weighted by molar-refractivity contribution is -0.122. The van der Waals surface area contributed by atoms with Crippen LogP contribution in [0.5, 0.6) is 0 Å². The number of hydrogen-bond acceptors (Lipinski definition) is 4. The summed E-state index contributed by atoms with van der Waals surface area (Å²) >= 11 is 0. The number of esters is 1. The number of nitrogens with zero attached hydrogens (tertiary/aromatic N) is 1. The number of hydrogen-bond donors (Lipinski definition) is 1. The molecule has 3 rings (SSSR count). The van der Waals surface area contributed by atoms with E-state index < -0.39 is 17.7 Å². The van der Waals surface area contributed by atoms with Gasteiger partial charge in [0.15, 0.2) is 0 Å². The first-order chi connectivity index (χ1) is 13.3. The van der Waals surface area contributed by atoms with Crippen molar-refractivity contribution < 1.29 is 23.5 Å². The zero-order valence-corrected chi connectivity index (χ0v) is 15.6. The predicted octanol–water partition coefficient (Wildman–Crippen LogP) is 3.38. The number of carbonyl (C=O) groups is 3. The molecule has 1 atom stereocenters. The van der Waals surface area contributed by atoms with Gasteiger partial charge in [0, 0.05) is 18.7 Å². The van der Waals surface area contributed by atoms with Gasteiger partial charge in [-0.05, 0) is 50.2 Å². The molecule has 2 amide bonds. The number of rotatable bonds is 5. The third kappa shape index (κ3) is 4.36. The zero-order valence-electron chi connectivity index (χ0n) is 15.6. The Morgan fingerprint density at radius 3 is 2.46 bits per heavy atom. The third-order valence-electron chi connectivity index (χ3n) is 4.37. The third-order valence-corrected chi connectivity index (χ3v) is 4.37. The molecule has 1 aliphatic heterocycles. The van der Waals surface area contributed by atoms with Crippen molar-refractivity contribution in [2.75, 3.05) is 16.8 Å². The number of para-hydroxylation sites is 1. The number of ether oxygens (including phenoxy) is 1. The first-order valence-corrected chi connectivity index (χ1v) is 9.02. The van der Waals surface area contributed by atoms with Crippen LogP contribution in [0.1, 0.15) is 30.6 Å². The molecule has 1 fully saturated rings. The van der Waals surface area contributed by atoms with Gasteiger partial charge in [0.1, 0.15) is 5.82 Å². The number of carbonyl (C=O) groups excluding carboxylic acids is 3. The molecule has 0 spiro atoms. The SMILES string of the molecule is CC(C)OC(=O)c1ccc(NC(=O)C2CC(=O)N(c3ccccc3F)C2)cc1. The summed E-state index contributed by atoms with van der Waals surface area (Å²) in [5, 5.41) is 2.73. The topological polar surface area (TPSA) is 75.7 Å². The molecule has 0 aromatic heterocycles. The lowest BCUT2D eigenvalue weighted by Gasteiger charge is -2.17. The number of benzene rings is 2. The summed E-state index contributed by atoms with van der Waals surface area (Å²) in [5.74, 6) is -2.14. The van der Waals surface area contributed by atoms with Crippen molar-refractivity contribution in [2.24, 2.45) is 5.92 Å². The second kappa shape index (κ2) is 8.21. The smallest absolute Gasteiger partial charge is 0.338 e. The van der Waals surface area contributed by atoms with Gasteiger partial charge in [0.25, 0.3) is 0 Å². The molecular formula is C21H21FN2O4. The fraction of sp³-hybridized carbons (Fsp3) is 0.286. The monoisotopic (exact) mass is 384 g/mol. The Bertz CT molecular complexity index is 896. The zero-order chi connectivity index (χ0) is 20.3. The predicted molar refractivity (Wildman–Crippen MR) is 102 cm³/mol. The van der Waals surface area contributed by atoms with Gasteiger partial charge in [0.2, 0.25) is 11.8 Å². The quantitative estimate of drug-likeness (QED) is 0.802. The van der Waals surface area contributed by atoms with E-state index in [9.17, 15) is 18.8 Å². The number of halogens is 1. The normalized spacial score (nSPS) is 16.4. The summed E-state index contributed by atoms with van der Waals surface area (Å²) in [5.41, 5.74) is 1.06. The van der Waals surface area contributed by atoms with Crippen molar-refractivity contribution in [2.45, 2.75) is 26.4 Å². The Balaban J connectivity index is 1.63. The summed E-state index contributed by atoms with van der Waals surface area (Å²) in [4.78, 5) is 37.9. The van der Waals surface area contributed by atoms with Gasteiger partial charge in [-0.1, -0.05) is 12.1 Å². The summed E-state index contributed by atoms with van der Waals surface area (Å²) in [6.45, 7) is 3.64. The van der Waals surface area contributed by atoms with E-state index in [1.54, 1.807) is 50.2 Å². The van der Waals surface area contributed by atoms with Gasteiger partial charge >= 0.3 is 5.97 Å². The second-order valence-corrected chi connectivity index (χ2v) is 6.88. The maximum absolute atomic E-state index is 13.9. The molecule has 7 heteroatoms. The molecule has 1 heterocycles. The van der Waals surface area contributed by atoms with Gasteiger partial charge < -0.3 is 15.0 Å². The Morgan fingerprint density at radius 1 is 1.14 bits per heavy atom. The van der Waals surface area contributed by atoms with Crippen LogP contribution in [-0.2, 0) is 14.3 Å². The lowest BCUT2D eigenvalue weighted by Crippen LogP contribution is -2.28. The van der Waals surface area contributed by atoms with Crippen LogP contribution in [0.4, 0.5) is 15.8 Å². The summed E-state index contributed by atoms with van der Waals surface area (Å²) in [6.07, 6.45) is -0.205. The molecule has 0 saturated carbocycles. The molecule has 0 radical (unpaired) electrons. The number of nitrogens with one attached hydrogen (secondary N) is 1. The standard InChI is InChI=1S/C21H21FN2O4/c1-13(2)28-21(27)14-7-9-16(10-8-14)23-20(26)15-11-19(25)24(12-15)18-6-4-3-5-17(18)22/h3-10,13,15H,11-12H2,1-2H3,(H,23,26). The van der Waals surface area contributed by atoms with Crippen LogP contribution in [0, 0.1) is 11.7 Å². The average Bonchev–Trinajstić information content (AvgIpc) is 3.04. The van der Waals surface area contributed by atoms with Crippen LogP contribution in [0.3, 0.4) is 0 Å². The molecule has 146 valence electrons. The van der Waals surface area contributed by atoms with Gasteiger partial charge in [0.05, 0.1) is 23.3 Å². The summed E-state index contributed by atoms with van der Waals surface area (Å²) in [6, 6.07) is 12.3. The number of amides is 2. The first-order valence-electron chi connectivity index (χ1n) is 9.02. The van der Waals surface area contributed by atoms with E-state index in [0.717, 1.165) is 0 Å². The van der Waals surface area contributed by atoms with Crippen LogP contribution in [-0.4, -0.2) is 30.4 Å². The highest BCUT2D eigenvalue weighted by atomic mass is 19.1. The van der Waals surface area contributed by atoms with E-state index in [1.165, 1.54) is 17.0 Å². The van der Waals surface area contributed by atoms with Crippen LogP contribution in [0.15, 0.2) is 48.5 Å². The van der Waals surface area contributed by atoms with Crippen molar-refractivity contribution in [3.05, 3.63) is 59.9 Å². The van der Waals surface area contributed by atoms with E-state index in [1.807, 2.05) is 0 Å². The van der Waals surface area contributed by atoms with Gasteiger partial charge in [-0.25, -0.2) is 9.18 Å². The molecule has 0 bridgehead atoms. The Morgan fingerprint density at radius 2 is 1.82 bits per heavy atom. The lowest BCUT2D eigenvalue weighted by atomic mass is 10.1. The van der Waals surface area contributed by atoms with Gasteiger partial charge in [-0.15, -0.1) is 0 Å². The number of anilines is 2. The highest BCUT2D eigenvalue weighted by molar-refractivity contribution is 6.03. The highest BCUT2D eigenvalue weighted by Crippen LogP contribution is 2.28. The van der Waals surface area contributed by atoms with E-state index in [-0.39, 0.29) is 36.6 Å². The van der Waals surface area contributed by atoms with Gasteiger partial charge in [-0.3, -0.25) is 9.59 Å². The van der Waals surface area contributed by atoms with Crippen molar-refractivity contribution in [1.29, 1.82) is 0 Å². The average molecular weight is 384 g/mol.